The fourth-order valence-corrected chi connectivity index (χ4v) is 5.63. The van der Waals surface area contributed by atoms with Crippen LogP contribution in [-0.2, 0) is 17.8 Å². The molecule has 0 bridgehead atoms. The van der Waals surface area contributed by atoms with E-state index in [4.69, 9.17) is 21.6 Å². The van der Waals surface area contributed by atoms with Crippen molar-refractivity contribution in [2.45, 2.75) is 44.3 Å². The Balaban J connectivity index is 1.28. The summed E-state index contributed by atoms with van der Waals surface area (Å²) in [6.45, 7) is 4.52. The van der Waals surface area contributed by atoms with Gasteiger partial charge < -0.3 is 9.64 Å². The molecule has 8 nitrogen and oxygen atoms in total. The number of halogens is 2. The van der Waals surface area contributed by atoms with E-state index in [-0.39, 0.29) is 11.6 Å². The molecule has 2 fully saturated rings. The first-order valence-electron chi connectivity index (χ1n) is 12.0. The standard InChI is InChI=1S/C25H25ClFN7O/c26-18-1-3-22-17(11-18)13-33(19-7-10-35-15-19)14-24-30-31-25(34(22)24)16-5-8-32(9-6-16)23-4-2-20(27)21(12-28)29-23/h1-4,11,16,19H,5-10,13-15H2/t19-/m1/s1. The Morgan fingerprint density at radius 1 is 1.09 bits per heavy atom. The third kappa shape index (κ3) is 4.16. The molecule has 2 saturated heterocycles. The molecule has 0 N–H and O–H groups in total. The first-order valence-corrected chi connectivity index (χ1v) is 12.3. The largest absolute Gasteiger partial charge is 0.380 e. The van der Waals surface area contributed by atoms with Crippen LogP contribution >= 0.6 is 11.6 Å². The van der Waals surface area contributed by atoms with E-state index in [2.05, 4.69) is 35.6 Å². The minimum Gasteiger partial charge on any atom is -0.380 e. The maximum absolute atomic E-state index is 13.7. The molecule has 0 aliphatic carbocycles. The number of pyridine rings is 1. The van der Waals surface area contributed by atoms with Gasteiger partial charge in [-0.2, -0.15) is 5.26 Å². The molecule has 6 rings (SSSR count). The van der Waals surface area contributed by atoms with E-state index in [0.717, 1.165) is 74.5 Å². The van der Waals surface area contributed by atoms with Gasteiger partial charge in [-0.15, -0.1) is 10.2 Å². The van der Waals surface area contributed by atoms with Crippen LogP contribution in [0.1, 0.15) is 48.1 Å². The summed E-state index contributed by atoms with van der Waals surface area (Å²) in [5, 5.41) is 19.2. The van der Waals surface area contributed by atoms with Crippen molar-refractivity contribution in [3.63, 3.8) is 0 Å². The second kappa shape index (κ2) is 9.19. The van der Waals surface area contributed by atoms with Gasteiger partial charge in [-0.05, 0) is 55.2 Å². The number of nitriles is 1. The number of aromatic nitrogens is 4. The van der Waals surface area contributed by atoms with Crippen molar-refractivity contribution in [3.05, 3.63) is 64.1 Å². The molecule has 0 amide bonds. The highest BCUT2D eigenvalue weighted by Crippen LogP contribution is 2.35. The molecule has 5 heterocycles. The summed E-state index contributed by atoms with van der Waals surface area (Å²) in [6, 6.07) is 11.2. The van der Waals surface area contributed by atoms with Crippen LogP contribution in [0.2, 0.25) is 5.02 Å². The maximum atomic E-state index is 13.7. The Hall–Kier alpha value is -3.06. The van der Waals surface area contributed by atoms with Crippen LogP contribution in [0.4, 0.5) is 10.2 Å². The van der Waals surface area contributed by atoms with E-state index in [1.807, 2.05) is 18.2 Å². The van der Waals surface area contributed by atoms with Crippen LogP contribution in [0.5, 0.6) is 0 Å². The Labute approximate surface area is 207 Å². The molecule has 0 unspecified atom stereocenters. The summed E-state index contributed by atoms with van der Waals surface area (Å²) < 4.78 is 21.6. The molecule has 1 aromatic carbocycles. The summed E-state index contributed by atoms with van der Waals surface area (Å²) in [5.74, 6) is 2.19. The molecular weight excluding hydrogens is 469 g/mol. The van der Waals surface area contributed by atoms with E-state index in [1.165, 1.54) is 11.6 Å². The molecule has 0 saturated carbocycles. The number of fused-ring (bicyclic) bond motifs is 3. The molecule has 1 atom stereocenters. The molecule has 180 valence electrons. The summed E-state index contributed by atoms with van der Waals surface area (Å²) in [6.07, 6.45) is 2.74. The average molecular weight is 494 g/mol. The second-order valence-electron chi connectivity index (χ2n) is 9.38. The van der Waals surface area contributed by atoms with Crippen molar-refractivity contribution in [2.24, 2.45) is 0 Å². The zero-order valence-electron chi connectivity index (χ0n) is 19.2. The number of piperidine rings is 1. The van der Waals surface area contributed by atoms with Crippen LogP contribution in [0.25, 0.3) is 5.69 Å². The fourth-order valence-electron chi connectivity index (χ4n) is 5.44. The minimum atomic E-state index is -0.589. The SMILES string of the molecule is N#Cc1nc(N2CCC(c3nnc4n3-c3ccc(Cl)cc3CN([C@@H]3CCOC3)C4)CC2)ccc1F. The molecule has 2 aromatic heterocycles. The number of nitrogens with zero attached hydrogens (tertiary/aromatic N) is 7. The predicted molar refractivity (Wildman–Crippen MR) is 128 cm³/mol. The van der Waals surface area contributed by atoms with Gasteiger partial charge in [0.05, 0.1) is 18.8 Å². The van der Waals surface area contributed by atoms with Crippen LogP contribution in [-0.4, -0.2) is 57.0 Å². The number of anilines is 1. The van der Waals surface area contributed by atoms with Gasteiger partial charge in [-0.3, -0.25) is 9.47 Å². The first kappa shape index (κ1) is 22.4. The average Bonchev–Trinajstić information content (AvgIpc) is 3.52. The summed E-state index contributed by atoms with van der Waals surface area (Å²) >= 11 is 6.39. The lowest BCUT2D eigenvalue weighted by atomic mass is 9.95. The molecule has 3 aromatic rings. The summed E-state index contributed by atoms with van der Waals surface area (Å²) in [7, 11) is 0. The van der Waals surface area contributed by atoms with E-state index in [9.17, 15) is 4.39 Å². The number of benzene rings is 1. The molecule has 10 heteroatoms. The van der Waals surface area contributed by atoms with Crippen LogP contribution in [0.3, 0.4) is 0 Å². The normalized spacial score (nSPS) is 20.8. The Kier molecular flexibility index (Phi) is 5.88. The summed E-state index contributed by atoms with van der Waals surface area (Å²) in [5.41, 5.74) is 2.09. The third-order valence-corrected chi connectivity index (χ3v) is 7.53. The van der Waals surface area contributed by atoms with Gasteiger partial charge in [0.2, 0.25) is 0 Å². The molecule has 3 aliphatic rings. The number of ether oxygens (including phenoxy) is 1. The van der Waals surface area contributed by atoms with Crippen LogP contribution in [0, 0.1) is 17.1 Å². The quantitative estimate of drug-likeness (QED) is 0.548. The zero-order valence-corrected chi connectivity index (χ0v) is 20.0. The topological polar surface area (TPSA) is 83.1 Å². The van der Waals surface area contributed by atoms with E-state index in [0.29, 0.717) is 18.4 Å². The lowest BCUT2D eigenvalue weighted by Crippen LogP contribution is -2.34. The van der Waals surface area contributed by atoms with Gasteiger partial charge in [-0.25, -0.2) is 9.37 Å². The molecule has 0 radical (unpaired) electrons. The highest BCUT2D eigenvalue weighted by atomic mass is 35.5. The Bertz CT molecular complexity index is 1290. The van der Waals surface area contributed by atoms with Gasteiger partial charge >= 0.3 is 0 Å². The second-order valence-corrected chi connectivity index (χ2v) is 9.81. The van der Waals surface area contributed by atoms with Gasteiger partial charge in [0.15, 0.2) is 17.3 Å². The monoisotopic (exact) mass is 493 g/mol. The predicted octanol–water partition coefficient (Wildman–Crippen LogP) is 3.81. The van der Waals surface area contributed by atoms with Crippen molar-refractivity contribution in [3.8, 4) is 11.8 Å². The van der Waals surface area contributed by atoms with Gasteiger partial charge in [0, 0.05) is 43.2 Å². The zero-order chi connectivity index (χ0) is 23.9. The Morgan fingerprint density at radius 2 is 1.94 bits per heavy atom. The Morgan fingerprint density at radius 3 is 2.71 bits per heavy atom. The highest BCUT2D eigenvalue weighted by molar-refractivity contribution is 6.30. The lowest BCUT2D eigenvalue weighted by Gasteiger charge is -2.32. The molecule has 3 aliphatic heterocycles. The number of hydrogen-bond acceptors (Lipinski definition) is 7. The van der Waals surface area contributed by atoms with E-state index >= 15 is 0 Å². The summed E-state index contributed by atoms with van der Waals surface area (Å²) in [4.78, 5) is 8.73. The first-order chi connectivity index (χ1) is 17.1. The molecular formula is C25H25ClFN7O. The number of hydrogen-bond donors (Lipinski definition) is 0. The van der Waals surface area contributed by atoms with Crippen molar-refractivity contribution >= 4 is 17.4 Å². The van der Waals surface area contributed by atoms with E-state index < -0.39 is 5.82 Å². The van der Waals surface area contributed by atoms with Gasteiger partial charge in [-0.1, -0.05) is 11.6 Å². The fraction of sp³-hybridized carbons (Fsp3) is 0.440. The smallest absolute Gasteiger partial charge is 0.178 e. The van der Waals surface area contributed by atoms with Crippen molar-refractivity contribution in [1.29, 1.82) is 5.26 Å². The molecule has 35 heavy (non-hydrogen) atoms. The van der Waals surface area contributed by atoms with E-state index in [1.54, 1.807) is 6.07 Å². The van der Waals surface area contributed by atoms with Crippen molar-refractivity contribution < 1.29 is 9.13 Å². The molecule has 0 spiro atoms. The maximum Gasteiger partial charge on any atom is 0.178 e. The highest BCUT2D eigenvalue weighted by Gasteiger charge is 2.33. The third-order valence-electron chi connectivity index (χ3n) is 7.30. The van der Waals surface area contributed by atoms with Crippen LogP contribution in [0.15, 0.2) is 30.3 Å². The van der Waals surface area contributed by atoms with Crippen molar-refractivity contribution in [1.82, 2.24) is 24.6 Å². The van der Waals surface area contributed by atoms with Gasteiger partial charge in [0.25, 0.3) is 0 Å². The minimum absolute atomic E-state index is 0.167. The van der Waals surface area contributed by atoms with Crippen molar-refractivity contribution in [2.75, 3.05) is 31.2 Å². The van der Waals surface area contributed by atoms with Gasteiger partial charge in [0.1, 0.15) is 17.7 Å². The lowest BCUT2D eigenvalue weighted by molar-refractivity contribution is 0.133. The van der Waals surface area contributed by atoms with Crippen LogP contribution < -0.4 is 4.90 Å². The number of rotatable bonds is 3.